The number of anilines is 2. The topological polar surface area (TPSA) is 74.3 Å². The van der Waals surface area contributed by atoms with Gasteiger partial charge in [-0.15, -0.1) is 11.3 Å². The molecule has 0 fully saturated rings. The molecule has 0 atom stereocenters. The van der Waals surface area contributed by atoms with Gasteiger partial charge in [-0.25, -0.2) is 4.98 Å². The number of amides is 2. The van der Waals surface area contributed by atoms with E-state index in [2.05, 4.69) is 39.7 Å². The molecule has 1 aromatic heterocycles. The standard InChI is InChI=1S/C19H26N4O2S/c1-5-23(10-17-12-26-19(22-17)13(2)3)11-18(25)21-16-8-6-15(7-9-16)20-14(4)24/h6-9,12-13H,5,10-11H2,1-4H3,(H,20,24)(H,21,25). The van der Waals surface area contributed by atoms with Crippen molar-refractivity contribution >= 4 is 34.5 Å². The molecular weight excluding hydrogens is 348 g/mol. The molecule has 0 saturated carbocycles. The lowest BCUT2D eigenvalue weighted by atomic mass is 10.2. The van der Waals surface area contributed by atoms with Crippen molar-refractivity contribution < 1.29 is 9.59 Å². The fourth-order valence-electron chi connectivity index (χ4n) is 2.41. The first kappa shape index (κ1) is 20.1. The van der Waals surface area contributed by atoms with Crippen LogP contribution in [0.3, 0.4) is 0 Å². The first-order valence-corrected chi connectivity index (χ1v) is 9.59. The van der Waals surface area contributed by atoms with E-state index < -0.39 is 0 Å². The van der Waals surface area contributed by atoms with Crippen molar-refractivity contribution in [3.05, 3.63) is 40.3 Å². The normalized spacial score (nSPS) is 11.0. The van der Waals surface area contributed by atoms with Gasteiger partial charge in [0.05, 0.1) is 17.2 Å². The maximum atomic E-state index is 12.3. The molecule has 2 aromatic rings. The van der Waals surface area contributed by atoms with Crippen LogP contribution in [0.25, 0.3) is 0 Å². The second kappa shape index (κ2) is 9.45. The lowest BCUT2D eigenvalue weighted by Crippen LogP contribution is -2.32. The van der Waals surface area contributed by atoms with E-state index in [9.17, 15) is 9.59 Å². The molecule has 2 amide bonds. The molecule has 0 aliphatic rings. The Bertz CT molecular complexity index is 740. The third-order valence-corrected chi connectivity index (χ3v) is 4.95. The summed E-state index contributed by atoms with van der Waals surface area (Å²) in [7, 11) is 0. The number of hydrogen-bond acceptors (Lipinski definition) is 5. The summed E-state index contributed by atoms with van der Waals surface area (Å²) in [5, 5.41) is 8.77. The van der Waals surface area contributed by atoms with E-state index in [1.54, 1.807) is 35.6 Å². The summed E-state index contributed by atoms with van der Waals surface area (Å²) < 4.78 is 0. The first-order valence-electron chi connectivity index (χ1n) is 8.71. The Morgan fingerprint density at radius 2 is 1.77 bits per heavy atom. The molecule has 0 saturated heterocycles. The fraction of sp³-hybridized carbons (Fsp3) is 0.421. The van der Waals surface area contributed by atoms with Gasteiger partial charge in [0.25, 0.3) is 0 Å². The monoisotopic (exact) mass is 374 g/mol. The predicted molar refractivity (Wildman–Crippen MR) is 107 cm³/mol. The smallest absolute Gasteiger partial charge is 0.238 e. The quantitative estimate of drug-likeness (QED) is 0.739. The van der Waals surface area contributed by atoms with Gasteiger partial charge < -0.3 is 10.6 Å². The number of carbonyl (C=O) groups excluding carboxylic acids is 2. The Labute approximate surface area is 158 Å². The van der Waals surface area contributed by atoms with Gasteiger partial charge in [0, 0.05) is 36.1 Å². The Balaban J connectivity index is 1.88. The molecule has 6 nitrogen and oxygen atoms in total. The molecular formula is C19H26N4O2S. The molecule has 0 aliphatic heterocycles. The lowest BCUT2D eigenvalue weighted by Gasteiger charge is -2.18. The predicted octanol–water partition coefficient (Wildman–Crippen LogP) is 3.69. The highest BCUT2D eigenvalue weighted by molar-refractivity contribution is 7.09. The maximum Gasteiger partial charge on any atom is 0.238 e. The van der Waals surface area contributed by atoms with Crippen LogP contribution in [0, 0.1) is 0 Å². The van der Waals surface area contributed by atoms with Crippen molar-refractivity contribution in [1.82, 2.24) is 9.88 Å². The molecule has 0 aliphatic carbocycles. The minimum absolute atomic E-state index is 0.0709. The molecule has 2 N–H and O–H groups in total. The van der Waals surface area contributed by atoms with Crippen LogP contribution in [0.5, 0.6) is 0 Å². The Morgan fingerprint density at radius 3 is 2.27 bits per heavy atom. The molecule has 0 radical (unpaired) electrons. The van der Waals surface area contributed by atoms with Crippen molar-refractivity contribution in [1.29, 1.82) is 0 Å². The summed E-state index contributed by atoms with van der Waals surface area (Å²) >= 11 is 1.67. The number of likely N-dealkylation sites (N-methyl/N-ethyl adjacent to an activating group) is 1. The molecule has 0 spiro atoms. The third kappa shape index (κ3) is 6.24. The van der Waals surface area contributed by atoms with Crippen LogP contribution in [-0.4, -0.2) is 34.8 Å². The van der Waals surface area contributed by atoms with E-state index in [0.29, 0.717) is 30.4 Å². The third-order valence-electron chi connectivity index (χ3n) is 3.75. The summed E-state index contributed by atoms with van der Waals surface area (Å²) in [6, 6.07) is 7.07. The number of benzene rings is 1. The molecule has 1 aromatic carbocycles. The zero-order chi connectivity index (χ0) is 19.1. The number of nitrogens with one attached hydrogen (secondary N) is 2. The minimum atomic E-state index is -0.122. The number of aromatic nitrogens is 1. The van der Waals surface area contributed by atoms with E-state index in [-0.39, 0.29) is 11.8 Å². The zero-order valence-electron chi connectivity index (χ0n) is 15.7. The van der Waals surface area contributed by atoms with Crippen molar-refractivity contribution in [2.24, 2.45) is 0 Å². The number of rotatable bonds is 8. The van der Waals surface area contributed by atoms with Crippen LogP contribution in [0.2, 0.25) is 0 Å². The number of carbonyl (C=O) groups is 2. The van der Waals surface area contributed by atoms with E-state index >= 15 is 0 Å². The van der Waals surface area contributed by atoms with Gasteiger partial charge in [-0.1, -0.05) is 20.8 Å². The molecule has 26 heavy (non-hydrogen) atoms. The summed E-state index contributed by atoms with van der Waals surface area (Å²) in [4.78, 5) is 30.0. The number of hydrogen-bond donors (Lipinski definition) is 2. The van der Waals surface area contributed by atoms with E-state index in [0.717, 1.165) is 17.2 Å². The molecule has 7 heteroatoms. The highest BCUT2D eigenvalue weighted by atomic mass is 32.1. The van der Waals surface area contributed by atoms with E-state index in [1.165, 1.54) is 6.92 Å². The van der Waals surface area contributed by atoms with Gasteiger partial charge >= 0.3 is 0 Å². The van der Waals surface area contributed by atoms with Gasteiger partial charge in [0.2, 0.25) is 11.8 Å². The van der Waals surface area contributed by atoms with E-state index in [1.807, 2.05) is 6.92 Å². The summed E-state index contributed by atoms with van der Waals surface area (Å²) in [5.41, 5.74) is 2.42. The Hall–Kier alpha value is -2.25. The van der Waals surface area contributed by atoms with Crippen LogP contribution >= 0.6 is 11.3 Å². The molecule has 0 unspecified atom stereocenters. The number of nitrogens with zero attached hydrogens (tertiary/aromatic N) is 2. The van der Waals surface area contributed by atoms with Crippen molar-refractivity contribution in [3.63, 3.8) is 0 Å². The Kier molecular flexibility index (Phi) is 7.29. The maximum absolute atomic E-state index is 12.3. The van der Waals surface area contributed by atoms with Crippen LogP contribution in [-0.2, 0) is 16.1 Å². The van der Waals surface area contributed by atoms with Gasteiger partial charge in [-0.2, -0.15) is 0 Å². The summed E-state index contributed by atoms with van der Waals surface area (Å²) in [6.45, 7) is 9.49. The van der Waals surface area contributed by atoms with Crippen molar-refractivity contribution in [3.8, 4) is 0 Å². The average Bonchev–Trinajstić information content (AvgIpc) is 3.04. The average molecular weight is 375 g/mol. The highest BCUT2D eigenvalue weighted by Gasteiger charge is 2.13. The second-order valence-corrected chi connectivity index (χ2v) is 7.33. The molecule has 140 valence electrons. The Morgan fingerprint density at radius 1 is 1.15 bits per heavy atom. The molecule has 0 bridgehead atoms. The summed E-state index contributed by atoms with van der Waals surface area (Å²) in [5.74, 6) is 0.231. The highest BCUT2D eigenvalue weighted by Crippen LogP contribution is 2.20. The number of thiazole rings is 1. The van der Waals surface area contributed by atoms with Crippen molar-refractivity contribution in [2.75, 3.05) is 23.7 Å². The SMILES string of the molecule is CCN(CC(=O)Nc1ccc(NC(C)=O)cc1)Cc1csc(C(C)C)n1. The molecule has 2 rings (SSSR count). The van der Waals surface area contributed by atoms with Crippen molar-refractivity contribution in [2.45, 2.75) is 40.2 Å². The molecule has 1 heterocycles. The fourth-order valence-corrected chi connectivity index (χ4v) is 3.24. The first-order chi connectivity index (χ1) is 12.4. The lowest BCUT2D eigenvalue weighted by molar-refractivity contribution is -0.117. The van der Waals surface area contributed by atoms with Crippen LogP contribution in [0.15, 0.2) is 29.6 Å². The van der Waals surface area contributed by atoms with Crippen LogP contribution < -0.4 is 10.6 Å². The van der Waals surface area contributed by atoms with E-state index in [4.69, 9.17) is 0 Å². The van der Waals surface area contributed by atoms with Gasteiger partial charge in [-0.3, -0.25) is 14.5 Å². The summed E-state index contributed by atoms with van der Waals surface area (Å²) in [6.07, 6.45) is 0. The van der Waals surface area contributed by atoms with Gasteiger partial charge in [0.15, 0.2) is 0 Å². The minimum Gasteiger partial charge on any atom is -0.326 e. The van der Waals surface area contributed by atoms with Crippen LogP contribution in [0.1, 0.15) is 44.3 Å². The van der Waals surface area contributed by atoms with Gasteiger partial charge in [0.1, 0.15) is 0 Å². The second-order valence-electron chi connectivity index (χ2n) is 6.44. The largest absolute Gasteiger partial charge is 0.326 e. The zero-order valence-corrected chi connectivity index (χ0v) is 16.5. The van der Waals surface area contributed by atoms with Crippen LogP contribution in [0.4, 0.5) is 11.4 Å². The van der Waals surface area contributed by atoms with Gasteiger partial charge in [-0.05, 0) is 30.8 Å².